The van der Waals surface area contributed by atoms with E-state index in [-0.39, 0.29) is 11.6 Å². The van der Waals surface area contributed by atoms with Gasteiger partial charge in [0.05, 0.1) is 0 Å². The van der Waals surface area contributed by atoms with Gasteiger partial charge in [-0.15, -0.1) is 0 Å². The average Bonchev–Trinajstić information content (AvgIpc) is 2.05. The van der Waals surface area contributed by atoms with Gasteiger partial charge in [0, 0.05) is 13.8 Å². The van der Waals surface area contributed by atoms with Crippen LogP contribution < -0.4 is 0 Å². The van der Waals surface area contributed by atoms with Crippen molar-refractivity contribution in [2.75, 3.05) is 0 Å². The Bertz CT molecular complexity index is 152. The summed E-state index contributed by atoms with van der Waals surface area (Å²) in [5.74, 6) is -0.759. The molecule has 0 saturated heterocycles. The number of ketones is 2. The summed E-state index contributed by atoms with van der Waals surface area (Å²) in [5, 5.41) is 16.7. The Kier molecular flexibility index (Phi) is 11.6. The molecule has 0 amide bonds. The zero-order valence-electron chi connectivity index (χ0n) is 9.12. The van der Waals surface area contributed by atoms with E-state index in [1.807, 2.05) is 0 Å². The van der Waals surface area contributed by atoms with E-state index in [9.17, 15) is 9.59 Å². The normalized spacial score (nSPS) is 9.29. The number of carbonyl (C=O) groups excluding carboxylic acids is 2. The van der Waals surface area contributed by atoms with Crippen LogP contribution in [0.25, 0.3) is 0 Å². The molecule has 14 heavy (non-hydrogen) atoms. The second kappa shape index (κ2) is 10.3. The summed E-state index contributed by atoms with van der Waals surface area (Å²) in [5.41, 5.74) is 0. The molecule has 0 heterocycles. The molecule has 0 unspecified atom stereocenters. The monoisotopic (exact) mass is 204 g/mol. The highest BCUT2D eigenvalue weighted by molar-refractivity contribution is 6.35. The SMILES string of the molecule is CC(=O)C(C)=O.CCCCCC(O)O. The van der Waals surface area contributed by atoms with Gasteiger partial charge >= 0.3 is 0 Å². The van der Waals surface area contributed by atoms with Crippen LogP contribution in [0, 0.1) is 0 Å². The van der Waals surface area contributed by atoms with Gasteiger partial charge in [-0.2, -0.15) is 0 Å². The number of carbonyl (C=O) groups is 2. The number of rotatable bonds is 5. The molecular formula is C10H20O4. The first-order chi connectivity index (χ1) is 6.41. The highest BCUT2D eigenvalue weighted by atomic mass is 16.5. The predicted octanol–water partition coefficient (Wildman–Crippen LogP) is 1.04. The fraction of sp³-hybridized carbons (Fsp3) is 0.800. The molecule has 0 radical (unpaired) electrons. The summed E-state index contributed by atoms with van der Waals surface area (Å²) >= 11 is 0. The van der Waals surface area contributed by atoms with Crippen LogP contribution in [0.15, 0.2) is 0 Å². The van der Waals surface area contributed by atoms with Crippen molar-refractivity contribution in [3.63, 3.8) is 0 Å². The van der Waals surface area contributed by atoms with Gasteiger partial charge in [0.25, 0.3) is 0 Å². The van der Waals surface area contributed by atoms with Gasteiger partial charge in [-0.25, -0.2) is 0 Å². The number of Topliss-reactive ketones (excluding diaryl/α,β-unsaturated/α-hetero) is 2. The van der Waals surface area contributed by atoms with Gasteiger partial charge in [-0.3, -0.25) is 9.59 Å². The van der Waals surface area contributed by atoms with E-state index in [0.29, 0.717) is 6.42 Å². The molecule has 2 N–H and O–H groups in total. The Balaban J connectivity index is 0. The highest BCUT2D eigenvalue weighted by Gasteiger charge is 1.94. The summed E-state index contributed by atoms with van der Waals surface area (Å²) in [6.45, 7) is 4.59. The van der Waals surface area contributed by atoms with E-state index in [1.165, 1.54) is 13.8 Å². The Morgan fingerprint density at radius 3 is 1.71 bits per heavy atom. The molecule has 0 rings (SSSR count). The van der Waals surface area contributed by atoms with Crippen molar-refractivity contribution in [1.29, 1.82) is 0 Å². The topological polar surface area (TPSA) is 74.6 Å². The molecule has 0 spiro atoms. The first-order valence-electron chi connectivity index (χ1n) is 4.79. The van der Waals surface area contributed by atoms with E-state index >= 15 is 0 Å². The summed E-state index contributed by atoms with van der Waals surface area (Å²) in [4.78, 5) is 19.6. The first-order valence-corrected chi connectivity index (χ1v) is 4.79. The minimum atomic E-state index is -1.10. The van der Waals surface area contributed by atoms with Crippen LogP contribution in [0.1, 0.15) is 46.5 Å². The lowest BCUT2D eigenvalue weighted by Crippen LogP contribution is -2.02. The molecule has 4 nitrogen and oxygen atoms in total. The van der Waals surface area contributed by atoms with E-state index in [2.05, 4.69) is 6.92 Å². The van der Waals surface area contributed by atoms with Crippen molar-refractivity contribution in [1.82, 2.24) is 0 Å². The lowest BCUT2D eigenvalue weighted by molar-refractivity contribution is -0.134. The maximum atomic E-state index is 9.79. The third-order valence-corrected chi connectivity index (χ3v) is 1.56. The average molecular weight is 204 g/mol. The van der Waals surface area contributed by atoms with Gasteiger partial charge in [0.2, 0.25) is 0 Å². The Labute approximate surface area is 84.9 Å². The van der Waals surface area contributed by atoms with Gasteiger partial charge < -0.3 is 10.2 Å². The van der Waals surface area contributed by atoms with Crippen LogP contribution in [0.3, 0.4) is 0 Å². The summed E-state index contributed by atoms with van der Waals surface area (Å²) in [7, 11) is 0. The third-order valence-electron chi connectivity index (χ3n) is 1.56. The molecule has 84 valence electrons. The number of hydrogen-bond acceptors (Lipinski definition) is 4. The molecule has 0 aromatic carbocycles. The van der Waals surface area contributed by atoms with Crippen molar-refractivity contribution in [2.24, 2.45) is 0 Å². The molecule has 0 aliphatic carbocycles. The second-order valence-electron chi connectivity index (χ2n) is 3.09. The zero-order valence-corrected chi connectivity index (χ0v) is 9.12. The van der Waals surface area contributed by atoms with Gasteiger partial charge in [0.1, 0.15) is 0 Å². The van der Waals surface area contributed by atoms with Crippen molar-refractivity contribution < 1.29 is 19.8 Å². The van der Waals surface area contributed by atoms with Crippen LogP contribution in [-0.2, 0) is 9.59 Å². The van der Waals surface area contributed by atoms with E-state index in [1.54, 1.807) is 0 Å². The van der Waals surface area contributed by atoms with Crippen molar-refractivity contribution in [3.8, 4) is 0 Å². The third kappa shape index (κ3) is 17.4. The summed E-state index contributed by atoms with van der Waals surface area (Å²) in [6.07, 6.45) is 2.58. The van der Waals surface area contributed by atoms with Crippen LogP contribution in [0.5, 0.6) is 0 Å². The van der Waals surface area contributed by atoms with Crippen molar-refractivity contribution >= 4 is 11.6 Å². The first kappa shape index (κ1) is 15.7. The standard InChI is InChI=1S/C6H14O2.C4H6O2/c1-2-3-4-5-6(7)8;1-3(5)4(2)6/h6-8H,2-5H2,1H3;1-2H3. The molecular weight excluding hydrogens is 184 g/mol. The maximum absolute atomic E-state index is 9.79. The minimum absolute atomic E-state index is 0.380. The largest absolute Gasteiger partial charge is 0.368 e. The molecule has 0 aliphatic rings. The molecule has 0 saturated carbocycles. The van der Waals surface area contributed by atoms with Crippen LogP contribution in [0.2, 0.25) is 0 Å². The number of aliphatic hydroxyl groups excluding tert-OH is 1. The Morgan fingerprint density at radius 1 is 1.07 bits per heavy atom. The van der Waals surface area contributed by atoms with Crippen LogP contribution in [0.4, 0.5) is 0 Å². The molecule has 0 aromatic heterocycles. The lowest BCUT2D eigenvalue weighted by atomic mass is 10.2. The molecule has 0 aliphatic heterocycles. The number of unbranched alkanes of at least 4 members (excludes halogenated alkanes) is 2. The van der Waals surface area contributed by atoms with E-state index in [4.69, 9.17) is 10.2 Å². The molecule has 0 bridgehead atoms. The molecule has 0 fully saturated rings. The second-order valence-corrected chi connectivity index (χ2v) is 3.09. The van der Waals surface area contributed by atoms with Crippen LogP contribution >= 0.6 is 0 Å². The fourth-order valence-corrected chi connectivity index (χ4v) is 0.577. The summed E-state index contributed by atoms with van der Waals surface area (Å²) in [6, 6.07) is 0. The van der Waals surface area contributed by atoms with Crippen molar-refractivity contribution in [2.45, 2.75) is 52.7 Å². The van der Waals surface area contributed by atoms with Gasteiger partial charge in [-0.05, 0) is 12.8 Å². The number of aliphatic hydroxyl groups is 2. The molecule has 0 atom stereocenters. The number of hydrogen-bond donors (Lipinski definition) is 2. The molecule has 0 aromatic rings. The molecule has 4 heteroatoms. The van der Waals surface area contributed by atoms with Gasteiger partial charge in [-0.1, -0.05) is 19.8 Å². The van der Waals surface area contributed by atoms with E-state index < -0.39 is 6.29 Å². The smallest absolute Gasteiger partial charge is 0.195 e. The van der Waals surface area contributed by atoms with Crippen LogP contribution in [-0.4, -0.2) is 28.1 Å². The van der Waals surface area contributed by atoms with Gasteiger partial charge in [0.15, 0.2) is 17.9 Å². The Hall–Kier alpha value is -0.740. The Morgan fingerprint density at radius 2 is 1.50 bits per heavy atom. The van der Waals surface area contributed by atoms with Crippen molar-refractivity contribution in [3.05, 3.63) is 0 Å². The predicted molar refractivity (Wildman–Crippen MR) is 53.7 cm³/mol. The fourth-order valence-electron chi connectivity index (χ4n) is 0.577. The minimum Gasteiger partial charge on any atom is -0.368 e. The quantitative estimate of drug-likeness (QED) is 0.398. The highest BCUT2D eigenvalue weighted by Crippen LogP contribution is 1.99. The zero-order chi connectivity index (χ0) is 11.6. The summed E-state index contributed by atoms with van der Waals surface area (Å²) < 4.78 is 0. The van der Waals surface area contributed by atoms with E-state index in [0.717, 1.165) is 19.3 Å². The maximum Gasteiger partial charge on any atom is 0.195 e. The lowest BCUT2D eigenvalue weighted by Gasteiger charge is -1.99.